The van der Waals surface area contributed by atoms with Gasteiger partial charge in [0.05, 0.1) is 6.10 Å². The van der Waals surface area contributed by atoms with Gasteiger partial charge in [-0.05, 0) is 37.8 Å². The van der Waals surface area contributed by atoms with Crippen LogP contribution >= 0.6 is 0 Å². The van der Waals surface area contributed by atoms with Gasteiger partial charge in [-0.25, -0.2) is 9.37 Å². The first-order chi connectivity index (χ1) is 11.8. The number of nitrogens with one attached hydrogen (secondary N) is 1. The number of ether oxygens (including phenoxy) is 1. The highest BCUT2D eigenvalue weighted by molar-refractivity contribution is 5.41. The molecule has 2 saturated heterocycles. The van der Waals surface area contributed by atoms with Crippen molar-refractivity contribution in [3.8, 4) is 0 Å². The van der Waals surface area contributed by atoms with Crippen LogP contribution in [0.2, 0.25) is 0 Å². The maximum Gasteiger partial charge on any atom is 0.165 e. The molecule has 0 amide bonds. The number of pyridine rings is 1. The van der Waals surface area contributed by atoms with E-state index in [1.807, 2.05) is 0 Å². The molecule has 4 aliphatic rings. The third-order valence-corrected chi connectivity index (χ3v) is 6.93. The first-order valence-corrected chi connectivity index (χ1v) is 9.51. The second-order valence-electron chi connectivity index (χ2n) is 8.07. The summed E-state index contributed by atoms with van der Waals surface area (Å²) in [4.78, 5) is 6.33. The number of rotatable bonds is 3. The van der Waals surface area contributed by atoms with E-state index in [2.05, 4.69) is 15.2 Å². The predicted octanol–water partition coefficient (Wildman–Crippen LogP) is 2.74. The van der Waals surface area contributed by atoms with Gasteiger partial charge in [0.25, 0.3) is 0 Å². The Hall–Kier alpha value is -1.20. The van der Waals surface area contributed by atoms with Crippen molar-refractivity contribution in [2.75, 3.05) is 24.6 Å². The van der Waals surface area contributed by atoms with Crippen molar-refractivity contribution in [3.05, 3.63) is 24.1 Å². The molecule has 0 aromatic carbocycles. The predicted molar refractivity (Wildman–Crippen MR) is 90.5 cm³/mol. The number of hydrogen-bond donors (Lipinski definition) is 1. The highest BCUT2D eigenvalue weighted by Crippen LogP contribution is 2.60. The van der Waals surface area contributed by atoms with E-state index in [9.17, 15) is 4.39 Å². The number of anilines is 1. The normalized spacial score (nSPS) is 37.0. The van der Waals surface area contributed by atoms with Crippen LogP contribution in [0.25, 0.3) is 0 Å². The van der Waals surface area contributed by atoms with Gasteiger partial charge in [-0.2, -0.15) is 0 Å². The molecule has 130 valence electrons. The average Bonchev–Trinajstić information content (AvgIpc) is 3.32. The maximum absolute atomic E-state index is 14.0. The number of halogens is 1. The lowest BCUT2D eigenvalue weighted by molar-refractivity contribution is -0.132. The van der Waals surface area contributed by atoms with Crippen molar-refractivity contribution < 1.29 is 9.13 Å². The summed E-state index contributed by atoms with van der Waals surface area (Å²) in [5, 5.41) is 3.97. The van der Waals surface area contributed by atoms with E-state index >= 15 is 0 Å². The Labute approximate surface area is 142 Å². The second kappa shape index (κ2) is 5.67. The first-order valence-electron chi connectivity index (χ1n) is 9.51. The average molecular weight is 331 g/mol. The van der Waals surface area contributed by atoms with Gasteiger partial charge in [0.1, 0.15) is 0 Å². The fraction of sp³-hybridized carbons (Fsp3) is 0.737. The molecule has 2 aliphatic carbocycles. The van der Waals surface area contributed by atoms with Crippen molar-refractivity contribution >= 4 is 5.82 Å². The van der Waals surface area contributed by atoms with Gasteiger partial charge in [-0.1, -0.05) is 12.8 Å². The SMILES string of the molecule is Fc1cccnc1N1CCC(NC2C3CCOC3C23CCCC3)C1. The molecule has 3 heterocycles. The molecule has 24 heavy (non-hydrogen) atoms. The minimum atomic E-state index is -0.210. The molecular formula is C19H26FN3O. The molecule has 5 rings (SSSR count). The van der Waals surface area contributed by atoms with Crippen LogP contribution in [0.15, 0.2) is 18.3 Å². The van der Waals surface area contributed by atoms with E-state index < -0.39 is 0 Å². The molecule has 4 unspecified atom stereocenters. The first kappa shape index (κ1) is 15.1. The van der Waals surface area contributed by atoms with Crippen molar-refractivity contribution in [1.82, 2.24) is 10.3 Å². The summed E-state index contributed by atoms with van der Waals surface area (Å²) in [6, 6.07) is 4.20. The van der Waals surface area contributed by atoms with Crippen LogP contribution < -0.4 is 10.2 Å². The Morgan fingerprint density at radius 3 is 3.00 bits per heavy atom. The molecule has 1 N–H and O–H groups in total. The molecule has 1 aromatic rings. The van der Waals surface area contributed by atoms with Crippen LogP contribution in [-0.4, -0.2) is 42.9 Å². The zero-order valence-electron chi connectivity index (χ0n) is 14.1. The summed E-state index contributed by atoms with van der Waals surface area (Å²) < 4.78 is 20.1. The number of hydrogen-bond acceptors (Lipinski definition) is 4. The number of nitrogens with zero attached hydrogens (tertiary/aromatic N) is 2. The van der Waals surface area contributed by atoms with Crippen molar-refractivity contribution in [1.29, 1.82) is 0 Å². The van der Waals surface area contributed by atoms with Crippen molar-refractivity contribution in [2.24, 2.45) is 11.3 Å². The molecule has 0 bridgehead atoms. The number of fused-ring (bicyclic) bond motifs is 2. The lowest BCUT2D eigenvalue weighted by Crippen LogP contribution is -2.69. The largest absolute Gasteiger partial charge is 0.377 e. The summed E-state index contributed by atoms with van der Waals surface area (Å²) in [6.45, 7) is 2.68. The van der Waals surface area contributed by atoms with Gasteiger partial charge in [-0.3, -0.25) is 0 Å². The summed E-state index contributed by atoms with van der Waals surface area (Å²) in [5.74, 6) is 0.995. The fourth-order valence-corrected chi connectivity index (χ4v) is 5.90. The monoisotopic (exact) mass is 331 g/mol. The third-order valence-electron chi connectivity index (χ3n) is 6.93. The molecule has 4 nitrogen and oxygen atoms in total. The molecule has 5 heteroatoms. The Morgan fingerprint density at radius 2 is 2.17 bits per heavy atom. The molecule has 2 aliphatic heterocycles. The molecule has 1 spiro atoms. The molecule has 4 fully saturated rings. The Morgan fingerprint density at radius 1 is 1.29 bits per heavy atom. The quantitative estimate of drug-likeness (QED) is 0.924. The lowest BCUT2D eigenvalue weighted by atomic mass is 9.54. The minimum Gasteiger partial charge on any atom is -0.377 e. The van der Waals surface area contributed by atoms with Gasteiger partial charge in [0.15, 0.2) is 11.6 Å². The van der Waals surface area contributed by atoms with E-state index in [0.29, 0.717) is 35.3 Å². The maximum atomic E-state index is 14.0. The Kier molecular flexibility index (Phi) is 3.56. The van der Waals surface area contributed by atoms with Gasteiger partial charge in [0.2, 0.25) is 0 Å². The molecule has 4 atom stereocenters. The molecule has 0 radical (unpaired) electrons. The third kappa shape index (κ3) is 2.14. The zero-order chi connectivity index (χ0) is 16.1. The summed E-state index contributed by atoms with van der Waals surface area (Å²) in [6.07, 6.45) is 9.79. The summed E-state index contributed by atoms with van der Waals surface area (Å²) >= 11 is 0. The van der Waals surface area contributed by atoms with Gasteiger partial charge in [0, 0.05) is 49.3 Å². The highest BCUT2D eigenvalue weighted by Gasteiger charge is 2.64. The van der Waals surface area contributed by atoms with Crippen LogP contribution in [0.1, 0.15) is 38.5 Å². The Balaban J connectivity index is 1.28. The fourth-order valence-electron chi connectivity index (χ4n) is 5.90. The standard InChI is InChI=1S/C19H26FN3O/c20-15-4-3-9-21-18(15)23-10-5-13(12-23)22-16-14-6-11-24-17(14)19(16)7-1-2-8-19/h3-4,9,13-14,16-17,22H,1-2,5-8,10-12H2. The van der Waals surface area contributed by atoms with Gasteiger partial charge >= 0.3 is 0 Å². The summed E-state index contributed by atoms with van der Waals surface area (Å²) in [7, 11) is 0. The molecular weight excluding hydrogens is 305 g/mol. The van der Waals surface area contributed by atoms with Crippen LogP contribution in [0.5, 0.6) is 0 Å². The van der Waals surface area contributed by atoms with Crippen LogP contribution in [0.4, 0.5) is 10.2 Å². The minimum absolute atomic E-state index is 0.210. The Bertz CT molecular complexity index is 618. The zero-order valence-corrected chi connectivity index (χ0v) is 14.1. The van der Waals surface area contributed by atoms with Gasteiger partial charge in [-0.15, -0.1) is 0 Å². The van der Waals surface area contributed by atoms with Crippen LogP contribution in [-0.2, 0) is 4.74 Å². The van der Waals surface area contributed by atoms with E-state index in [4.69, 9.17) is 4.74 Å². The number of aromatic nitrogens is 1. The smallest absolute Gasteiger partial charge is 0.165 e. The second-order valence-corrected chi connectivity index (χ2v) is 8.07. The van der Waals surface area contributed by atoms with Crippen LogP contribution in [0, 0.1) is 17.2 Å². The van der Waals surface area contributed by atoms with Crippen molar-refractivity contribution in [2.45, 2.75) is 56.7 Å². The van der Waals surface area contributed by atoms with E-state index in [-0.39, 0.29) is 5.82 Å². The molecule has 2 saturated carbocycles. The van der Waals surface area contributed by atoms with Crippen molar-refractivity contribution in [3.63, 3.8) is 0 Å². The molecule has 1 aromatic heterocycles. The topological polar surface area (TPSA) is 37.4 Å². The lowest BCUT2D eigenvalue weighted by Gasteiger charge is -2.57. The van der Waals surface area contributed by atoms with Crippen LogP contribution in [0.3, 0.4) is 0 Å². The van der Waals surface area contributed by atoms with E-state index in [1.165, 1.54) is 38.2 Å². The summed E-state index contributed by atoms with van der Waals surface area (Å²) in [5.41, 5.74) is 0.394. The van der Waals surface area contributed by atoms with E-state index in [1.54, 1.807) is 12.3 Å². The van der Waals surface area contributed by atoms with E-state index in [0.717, 1.165) is 26.1 Å². The van der Waals surface area contributed by atoms with Gasteiger partial charge < -0.3 is 15.0 Å². The highest BCUT2D eigenvalue weighted by atomic mass is 19.1.